The van der Waals surface area contributed by atoms with Gasteiger partial charge >= 0.3 is 0 Å². The fourth-order valence-electron chi connectivity index (χ4n) is 2.64. The average Bonchev–Trinajstić information content (AvgIpc) is 2.26. The van der Waals surface area contributed by atoms with Gasteiger partial charge in [-0.15, -0.1) is 0 Å². The molecule has 1 saturated heterocycles. The molecular formula is C11H21NS. The van der Waals surface area contributed by atoms with Crippen LogP contribution in [0.4, 0.5) is 0 Å². The van der Waals surface area contributed by atoms with Crippen LogP contribution in [0, 0.1) is 5.41 Å². The van der Waals surface area contributed by atoms with Gasteiger partial charge in [0.05, 0.1) is 0 Å². The monoisotopic (exact) mass is 199 g/mol. The normalized spacial score (nSPS) is 44.1. The van der Waals surface area contributed by atoms with Crippen LogP contribution < -0.4 is 5.32 Å². The highest BCUT2D eigenvalue weighted by atomic mass is 32.2. The molecular weight excluding hydrogens is 178 g/mol. The lowest BCUT2D eigenvalue weighted by Gasteiger charge is -2.31. The number of thioether (sulfide) groups is 1. The molecule has 0 aromatic carbocycles. The van der Waals surface area contributed by atoms with Gasteiger partial charge in [-0.1, -0.05) is 13.8 Å². The van der Waals surface area contributed by atoms with E-state index in [9.17, 15) is 0 Å². The molecule has 2 fully saturated rings. The average molecular weight is 199 g/mol. The van der Waals surface area contributed by atoms with Crippen LogP contribution in [0.25, 0.3) is 0 Å². The number of fused-ring (bicyclic) bond motifs is 1. The molecule has 2 rings (SSSR count). The molecule has 0 aromatic rings. The van der Waals surface area contributed by atoms with Crippen molar-refractivity contribution in [1.82, 2.24) is 5.32 Å². The van der Waals surface area contributed by atoms with Crippen LogP contribution in [-0.2, 0) is 0 Å². The Labute approximate surface area is 86.0 Å². The highest BCUT2D eigenvalue weighted by molar-refractivity contribution is 7.99. The Morgan fingerprint density at radius 1 is 1.31 bits per heavy atom. The quantitative estimate of drug-likeness (QED) is 0.644. The van der Waals surface area contributed by atoms with E-state index in [4.69, 9.17) is 0 Å². The maximum atomic E-state index is 3.81. The van der Waals surface area contributed by atoms with Gasteiger partial charge in [-0.25, -0.2) is 0 Å². The molecule has 0 aromatic heterocycles. The number of nitrogens with one attached hydrogen (secondary N) is 1. The zero-order chi connectivity index (χ0) is 9.47. The second-order valence-electron chi connectivity index (χ2n) is 5.27. The Kier molecular flexibility index (Phi) is 2.63. The first-order valence-corrected chi connectivity index (χ1v) is 6.52. The molecule has 3 atom stereocenters. The Morgan fingerprint density at radius 2 is 2.08 bits per heavy atom. The van der Waals surface area contributed by atoms with Crippen LogP contribution in [0.3, 0.4) is 0 Å². The van der Waals surface area contributed by atoms with Gasteiger partial charge in [0.1, 0.15) is 0 Å². The van der Waals surface area contributed by atoms with E-state index in [1.807, 2.05) is 0 Å². The van der Waals surface area contributed by atoms with Crippen molar-refractivity contribution >= 4 is 11.8 Å². The van der Waals surface area contributed by atoms with Gasteiger partial charge in [0.15, 0.2) is 0 Å². The molecule has 1 aliphatic heterocycles. The van der Waals surface area contributed by atoms with E-state index >= 15 is 0 Å². The summed E-state index contributed by atoms with van der Waals surface area (Å²) < 4.78 is 0. The smallest absolute Gasteiger partial charge is 0.0240 e. The van der Waals surface area contributed by atoms with Crippen molar-refractivity contribution in [1.29, 1.82) is 0 Å². The third-order valence-corrected chi connectivity index (χ3v) is 5.04. The van der Waals surface area contributed by atoms with Crippen LogP contribution in [-0.4, -0.2) is 23.1 Å². The first-order chi connectivity index (χ1) is 6.09. The van der Waals surface area contributed by atoms with Gasteiger partial charge in [-0.3, -0.25) is 0 Å². The van der Waals surface area contributed by atoms with Crippen LogP contribution >= 0.6 is 11.8 Å². The van der Waals surface area contributed by atoms with Crippen molar-refractivity contribution < 1.29 is 0 Å². The van der Waals surface area contributed by atoms with E-state index in [1.165, 1.54) is 25.0 Å². The van der Waals surface area contributed by atoms with E-state index in [0.29, 0.717) is 5.41 Å². The number of hydrogen-bond donors (Lipinski definition) is 1. The largest absolute Gasteiger partial charge is 0.310 e. The lowest BCUT2D eigenvalue weighted by atomic mass is 9.87. The zero-order valence-corrected chi connectivity index (χ0v) is 9.79. The molecule has 2 aliphatic rings. The van der Waals surface area contributed by atoms with Gasteiger partial charge in [-0.2, -0.15) is 11.8 Å². The van der Waals surface area contributed by atoms with E-state index in [2.05, 4.69) is 37.8 Å². The second-order valence-corrected chi connectivity index (χ2v) is 6.62. The molecule has 76 valence electrons. The summed E-state index contributed by atoms with van der Waals surface area (Å²) in [6.45, 7) is 7.17. The van der Waals surface area contributed by atoms with Gasteiger partial charge in [0, 0.05) is 17.3 Å². The highest BCUT2D eigenvalue weighted by Gasteiger charge is 2.43. The Morgan fingerprint density at radius 3 is 2.85 bits per heavy atom. The molecule has 0 radical (unpaired) electrons. The van der Waals surface area contributed by atoms with Crippen molar-refractivity contribution in [2.75, 3.05) is 5.75 Å². The standard InChI is InChI=1S/C11H21NS/c1-8-5-7-13-9-4-6-11(2,3)10(9)12-8/h8-10,12H,4-7H2,1-3H3. The number of rotatable bonds is 0. The highest BCUT2D eigenvalue weighted by Crippen LogP contribution is 2.44. The predicted molar refractivity (Wildman–Crippen MR) is 60.3 cm³/mol. The third kappa shape index (κ3) is 1.89. The molecule has 0 amide bonds. The SMILES string of the molecule is CC1CCSC2CCC(C)(C)C2N1. The van der Waals surface area contributed by atoms with E-state index in [0.717, 1.165) is 17.3 Å². The fourth-order valence-corrected chi connectivity index (χ4v) is 4.35. The lowest BCUT2D eigenvalue weighted by Crippen LogP contribution is -2.46. The van der Waals surface area contributed by atoms with Gasteiger partial charge in [0.2, 0.25) is 0 Å². The van der Waals surface area contributed by atoms with Crippen molar-refractivity contribution in [2.45, 2.75) is 57.4 Å². The summed E-state index contributed by atoms with van der Waals surface area (Å²) in [6.07, 6.45) is 4.16. The third-order valence-electron chi connectivity index (χ3n) is 3.63. The van der Waals surface area contributed by atoms with Crippen molar-refractivity contribution in [3.05, 3.63) is 0 Å². The molecule has 1 heterocycles. The first kappa shape index (κ1) is 9.85. The zero-order valence-electron chi connectivity index (χ0n) is 8.97. The summed E-state index contributed by atoms with van der Waals surface area (Å²) in [4.78, 5) is 0. The molecule has 1 N–H and O–H groups in total. The maximum absolute atomic E-state index is 3.81. The molecule has 0 spiro atoms. The van der Waals surface area contributed by atoms with Crippen molar-refractivity contribution in [3.63, 3.8) is 0 Å². The summed E-state index contributed by atoms with van der Waals surface area (Å²) in [5, 5.41) is 4.70. The van der Waals surface area contributed by atoms with Gasteiger partial charge in [0.25, 0.3) is 0 Å². The van der Waals surface area contributed by atoms with E-state index < -0.39 is 0 Å². The Bertz CT molecular complexity index is 191. The fraction of sp³-hybridized carbons (Fsp3) is 1.00. The molecule has 2 heteroatoms. The molecule has 1 nitrogen and oxygen atoms in total. The Balaban J connectivity index is 2.11. The molecule has 1 saturated carbocycles. The van der Waals surface area contributed by atoms with E-state index in [1.54, 1.807) is 0 Å². The molecule has 13 heavy (non-hydrogen) atoms. The minimum Gasteiger partial charge on any atom is -0.310 e. The Hall–Kier alpha value is 0.310. The maximum Gasteiger partial charge on any atom is 0.0240 e. The summed E-state index contributed by atoms with van der Waals surface area (Å²) in [5.74, 6) is 1.35. The minimum absolute atomic E-state index is 0.524. The van der Waals surface area contributed by atoms with Crippen LogP contribution in [0.15, 0.2) is 0 Å². The summed E-state index contributed by atoms with van der Waals surface area (Å²) in [6, 6.07) is 1.48. The first-order valence-electron chi connectivity index (χ1n) is 5.47. The predicted octanol–water partition coefficient (Wildman–Crippen LogP) is 2.66. The molecule has 3 unspecified atom stereocenters. The van der Waals surface area contributed by atoms with Gasteiger partial charge in [-0.05, 0) is 37.4 Å². The van der Waals surface area contributed by atoms with Gasteiger partial charge < -0.3 is 5.32 Å². The van der Waals surface area contributed by atoms with Crippen LogP contribution in [0.1, 0.15) is 40.0 Å². The van der Waals surface area contributed by atoms with Crippen molar-refractivity contribution in [2.24, 2.45) is 5.41 Å². The summed E-state index contributed by atoms with van der Waals surface area (Å²) >= 11 is 2.20. The second kappa shape index (κ2) is 3.47. The lowest BCUT2D eigenvalue weighted by molar-refractivity contribution is 0.269. The molecule has 0 bridgehead atoms. The summed E-state index contributed by atoms with van der Waals surface area (Å²) in [7, 11) is 0. The van der Waals surface area contributed by atoms with Crippen LogP contribution in [0.2, 0.25) is 0 Å². The summed E-state index contributed by atoms with van der Waals surface area (Å²) in [5.41, 5.74) is 0.524. The number of hydrogen-bond acceptors (Lipinski definition) is 2. The minimum atomic E-state index is 0.524. The molecule has 1 aliphatic carbocycles. The van der Waals surface area contributed by atoms with Crippen LogP contribution in [0.5, 0.6) is 0 Å². The van der Waals surface area contributed by atoms with E-state index in [-0.39, 0.29) is 0 Å². The van der Waals surface area contributed by atoms with Crippen molar-refractivity contribution in [3.8, 4) is 0 Å². The topological polar surface area (TPSA) is 12.0 Å².